The van der Waals surface area contributed by atoms with E-state index in [0.717, 1.165) is 15.5 Å². The number of benzene rings is 1. The van der Waals surface area contributed by atoms with Crippen LogP contribution in [0.4, 0.5) is 0 Å². The lowest BCUT2D eigenvalue weighted by Gasteiger charge is -2.08. The summed E-state index contributed by atoms with van der Waals surface area (Å²) in [5.74, 6) is -0.268. The number of nitrogens with zero attached hydrogens (tertiary/aromatic N) is 2. The lowest BCUT2D eigenvalue weighted by Crippen LogP contribution is -2.40. The maximum absolute atomic E-state index is 12.2. The van der Waals surface area contributed by atoms with Crippen molar-refractivity contribution in [3.8, 4) is 0 Å². The van der Waals surface area contributed by atoms with Crippen LogP contribution in [0.15, 0.2) is 50.6 Å². The van der Waals surface area contributed by atoms with Crippen molar-refractivity contribution < 1.29 is 4.79 Å². The van der Waals surface area contributed by atoms with Gasteiger partial charge in [0.05, 0.1) is 6.54 Å². The van der Waals surface area contributed by atoms with Crippen LogP contribution in [-0.2, 0) is 13.1 Å². The zero-order valence-corrected chi connectivity index (χ0v) is 13.2. The first kappa shape index (κ1) is 15.4. The van der Waals surface area contributed by atoms with E-state index < -0.39 is 11.2 Å². The van der Waals surface area contributed by atoms with Crippen molar-refractivity contribution in [2.24, 2.45) is 0 Å². The lowest BCUT2D eigenvalue weighted by atomic mass is 10.1. The van der Waals surface area contributed by atoms with E-state index in [-0.39, 0.29) is 12.3 Å². The van der Waals surface area contributed by atoms with Crippen LogP contribution in [0.5, 0.6) is 0 Å². The van der Waals surface area contributed by atoms with Gasteiger partial charge < -0.3 is 4.57 Å². The van der Waals surface area contributed by atoms with Gasteiger partial charge in [0.2, 0.25) is 0 Å². The zero-order chi connectivity index (χ0) is 15.4. The maximum Gasteiger partial charge on any atom is 0.331 e. The van der Waals surface area contributed by atoms with Crippen LogP contribution in [0.3, 0.4) is 0 Å². The summed E-state index contributed by atoms with van der Waals surface area (Å²) < 4.78 is 3.28. The first-order valence-electron chi connectivity index (χ1n) is 6.62. The second-order valence-electron chi connectivity index (χ2n) is 4.65. The smallest absolute Gasteiger partial charge is 0.300 e. The standard InChI is InChI=1S/C15H15BrN2O3/c1-2-8-17-9-7-14(20)18(15(17)21)10-13(19)11-3-5-12(16)6-4-11/h3-7,9H,2,8,10H2,1H3. The second-order valence-corrected chi connectivity index (χ2v) is 5.56. The summed E-state index contributed by atoms with van der Waals surface area (Å²) in [6.45, 7) is 2.21. The Morgan fingerprint density at radius 2 is 1.81 bits per heavy atom. The van der Waals surface area contributed by atoms with E-state index in [4.69, 9.17) is 0 Å². The van der Waals surface area contributed by atoms with E-state index in [2.05, 4.69) is 15.9 Å². The van der Waals surface area contributed by atoms with Crippen LogP contribution in [0.1, 0.15) is 23.7 Å². The molecule has 1 heterocycles. The number of rotatable bonds is 5. The number of carbonyl (C=O) groups excluding carboxylic acids is 1. The Hall–Kier alpha value is -1.95. The third kappa shape index (κ3) is 3.58. The molecule has 6 heteroatoms. The van der Waals surface area contributed by atoms with E-state index in [9.17, 15) is 14.4 Å². The Morgan fingerprint density at radius 3 is 2.43 bits per heavy atom. The maximum atomic E-state index is 12.2. The third-order valence-electron chi connectivity index (χ3n) is 3.07. The number of hydrogen-bond acceptors (Lipinski definition) is 3. The van der Waals surface area contributed by atoms with Crippen LogP contribution in [0.2, 0.25) is 0 Å². The van der Waals surface area contributed by atoms with E-state index in [0.29, 0.717) is 12.1 Å². The molecule has 0 atom stereocenters. The molecular formula is C15H15BrN2O3. The molecule has 1 aromatic carbocycles. The predicted octanol–water partition coefficient (Wildman–Crippen LogP) is 2.07. The monoisotopic (exact) mass is 350 g/mol. The number of carbonyl (C=O) groups is 1. The van der Waals surface area contributed by atoms with Crippen LogP contribution in [-0.4, -0.2) is 14.9 Å². The van der Waals surface area contributed by atoms with Gasteiger partial charge in [-0.15, -0.1) is 0 Å². The van der Waals surface area contributed by atoms with Gasteiger partial charge in [-0.05, 0) is 18.6 Å². The summed E-state index contributed by atoms with van der Waals surface area (Å²) in [6.07, 6.45) is 2.24. The molecule has 0 aliphatic heterocycles. The Labute approximate surface area is 130 Å². The van der Waals surface area contributed by atoms with Crippen molar-refractivity contribution in [3.05, 3.63) is 67.4 Å². The summed E-state index contributed by atoms with van der Waals surface area (Å²) in [5, 5.41) is 0. The first-order chi connectivity index (χ1) is 10.0. The fourth-order valence-corrected chi connectivity index (χ4v) is 2.25. The molecule has 0 aliphatic rings. The quantitative estimate of drug-likeness (QED) is 0.775. The molecule has 0 saturated heterocycles. The Balaban J connectivity index is 2.33. The minimum atomic E-state index is -0.460. The van der Waals surface area contributed by atoms with E-state index in [1.54, 1.807) is 24.3 Å². The minimum absolute atomic E-state index is 0.246. The summed E-state index contributed by atoms with van der Waals surface area (Å²) >= 11 is 3.29. The van der Waals surface area contributed by atoms with Crippen molar-refractivity contribution in [3.63, 3.8) is 0 Å². The Kier molecular flexibility index (Phi) is 4.90. The molecule has 0 spiro atoms. The molecule has 0 amide bonds. The van der Waals surface area contributed by atoms with Crippen molar-refractivity contribution in [1.82, 2.24) is 9.13 Å². The molecule has 0 unspecified atom stereocenters. The molecule has 0 radical (unpaired) electrons. The highest BCUT2D eigenvalue weighted by molar-refractivity contribution is 9.10. The van der Waals surface area contributed by atoms with Crippen molar-refractivity contribution in [1.29, 1.82) is 0 Å². The second kappa shape index (κ2) is 6.67. The Bertz CT molecular complexity index is 760. The minimum Gasteiger partial charge on any atom is -0.300 e. The molecule has 110 valence electrons. The molecular weight excluding hydrogens is 336 g/mol. The fraction of sp³-hybridized carbons (Fsp3) is 0.267. The van der Waals surface area contributed by atoms with Crippen LogP contribution in [0, 0.1) is 0 Å². The molecule has 2 rings (SSSR count). The van der Waals surface area contributed by atoms with Crippen molar-refractivity contribution in [2.45, 2.75) is 26.4 Å². The van der Waals surface area contributed by atoms with Crippen LogP contribution in [0.25, 0.3) is 0 Å². The molecule has 1 aromatic heterocycles. The predicted molar refractivity (Wildman–Crippen MR) is 83.7 cm³/mol. The Morgan fingerprint density at radius 1 is 1.14 bits per heavy atom. The van der Waals surface area contributed by atoms with Crippen LogP contribution >= 0.6 is 15.9 Å². The number of halogens is 1. The number of hydrogen-bond donors (Lipinski definition) is 0. The number of Topliss-reactive ketones (excluding diaryl/α,β-unsaturated/α-hetero) is 1. The van der Waals surface area contributed by atoms with Gasteiger partial charge in [-0.1, -0.05) is 35.0 Å². The van der Waals surface area contributed by atoms with Crippen LogP contribution < -0.4 is 11.2 Å². The highest BCUT2D eigenvalue weighted by atomic mass is 79.9. The normalized spacial score (nSPS) is 10.6. The van der Waals surface area contributed by atoms with Gasteiger partial charge in [0.15, 0.2) is 5.78 Å². The lowest BCUT2D eigenvalue weighted by molar-refractivity contribution is 0.0968. The highest BCUT2D eigenvalue weighted by Gasteiger charge is 2.11. The van der Waals surface area contributed by atoms with E-state index >= 15 is 0 Å². The number of aromatic nitrogens is 2. The molecule has 0 fully saturated rings. The summed E-state index contributed by atoms with van der Waals surface area (Å²) in [5.41, 5.74) is -0.442. The van der Waals surface area contributed by atoms with Gasteiger partial charge in [-0.2, -0.15) is 0 Å². The first-order valence-corrected chi connectivity index (χ1v) is 7.41. The van der Waals surface area contributed by atoms with Gasteiger partial charge in [0, 0.05) is 28.8 Å². The summed E-state index contributed by atoms with van der Waals surface area (Å²) in [7, 11) is 0. The summed E-state index contributed by atoms with van der Waals surface area (Å²) in [4.78, 5) is 36.1. The SMILES string of the molecule is CCCn1ccc(=O)n(CC(=O)c2ccc(Br)cc2)c1=O. The topological polar surface area (TPSA) is 61.1 Å². The fourth-order valence-electron chi connectivity index (χ4n) is 1.98. The molecule has 0 bridgehead atoms. The zero-order valence-electron chi connectivity index (χ0n) is 11.6. The average Bonchev–Trinajstić information content (AvgIpc) is 2.47. The van der Waals surface area contributed by atoms with Gasteiger partial charge in [0.25, 0.3) is 5.56 Å². The molecule has 2 aromatic rings. The molecule has 21 heavy (non-hydrogen) atoms. The van der Waals surface area contributed by atoms with Crippen molar-refractivity contribution in [2.75, 3.05) is 0 Å². The third-order valence-corrected chi connectivity index (χ3v) is 3.60. The van der Waals surface area contributed by atoms with Crippen molar-refractivity contribution >= 4 is 21.7 Å². The van der Waals surface area contributed by atoms with Gasteiger partial charge >= 0.3 is 5.69 Å². The van der Waals surface area contributed by atoms with Gasteiger partial charge in [0.1, 0.15) is 0 Å². The highest BCUT2D eigenvalue weighted by Crippen LogP contribution is 2.11. The number of ketones is 1. The van der Waals surface area contributed by atoms with Gasteiger partial charge in [-0.25, -0.2) is 4.79 Å². The largest absolute Gasteiger partial charge is 0.331 e. The molecule has 0 aliphatic carbocycles. The van der Waals surface area contributed by atoms with E-state index in [1.165, 1.54) is 16.8 Å². The molecule has 5 nitrogen and oxygen atoms in total. The molecule has 0 N–H and O–H groups in total. The van der Waals surface area contributed by atoms with E-state index in [1.807, 2.05) is 6.92 Å². The summed E-state index contributed by atoms with van der Waals surface area (Å²) in [6, 6.07) is 8.12. The molecule has 0 saturated carbocycles. The number of aryl methyl sites for hydroxylation is 1. The van der Waals surface area contributed by atoms with Gasteiger partial charge in [-0.3, -0.25) is 14.2 Å². The average molecular weight is 351 g/mol.